The number of nitrogens with one attached hydrogen (secondary N) is 2. The Morgan fingerprint density at radius 1 is 1.38 bits per heavy atom. The van der Waals surface area contributed by atoms with Crippen LogP contribution in [0.2, 0.25) is 0 Å². The van der Waals surface area contributed by atoms with Crippen LogP contribution in [0, 0.1) is 0 Å². The summed E-state index contributed by atoms with van der Waals surface area (Å²) in [5.74, 6) is 0.133. The maximum atomic E-state index is 11.4. The van der Waals surface area contributed by atoms with Crippen LogP contribution in [0.3, 0.4) is 0 Å². The summed E-state index contributed by atoms with van der Waals surface area (Å²) in [5, 5.41) is 5.85. The maximum Gasteiger partial charge on any atom is 0.220 e. The van der Waals surface area contributed by atoms with Gasteiger partial charge in [-0.25, -0.2) is 0 Å². The van der Waals surface area contributed by atoms with Crippen molar-refractivity contribution >= 4 is 18.3 Å². The van der Waals surface area contributed by atoms with Gasteiger partial charge in [0.15, 0.2) is 0 Å². The number of hydrogen-bond donors (Lipinski definition) is 2. The molecule has 0 radical (unpaired) electrons. The minimum absolute atomic E-state index is 0. The van der Waals surface area contributed by atoms with Crippen molar-refractivity contribution in [1.29, 1.82) is 0 Å². The van der Waals surface area contributed by atoms with Gasteiger partial charge in [-0.1, -0.05) is 0 Å². The smallest absolute Gasteiger partial charge is 0.220 e. The highest BCUT2D eigenvalue weighted by Gasteiger charge is 2.21. The number of ether oxygens (including phenoxy) is 1. The second kappa shape index (κ2) is 8.79. The molecule has 4 nitrogen and oxygen atoms in total. The lowest BCUT2D eigenvalue weighted by Gasteiger charge is -2.10. The van der Waals surface area contributed by atoms with Gasteiger partial charge < -0.3 is 15.4 Å². The predicted octanol–water partition coefficient (Wildman–Crippen LogP) is 1.09. The summed E-state index contributed by atoms with van der Waals surface area (Å²) in [5.41, 5.74) is 0. The molecule has 1 rings (SSSR count). The van der Waals surface area contributed by atoms with Gasteiger partial charge >= 0.3 is 0 Å². The van der Waals surface area contributed by atoms with Crippen LogP contribution in [0.5, 0.6) is 0 Å². The van der Waals surface area contributed by atoms with Gasteiger partial charge in [0, 0.05) is 19.5 Å². The minimum Gasteiger partial charge on any atom is -0.375 e. The highest BCUT2D eigenvalue weighted by molar-refractivity contribution is 5.85. The minimum atomic E-state index is 0. The average Bonchev–Trinajstić information content (AvgIpc) is 2.62. The highest BCUT2D eigenvalue weighted by atomic mass is 35.5. The zero-order valence-corrected chi connectivity index (χ0v) is 10.9. The van der Waals surface area contributed by atoms with Crippen LogP contribution in [0.4, 0.5) is 0 Å². The molecular formula is C11H23ClN2O2. The van der Waals surface area contributed by atoms with Gasteiger partial charge in [0.2, 0.25) is 5.91 Å². The van der Waals surface area contributed by atoms with Crippen molar-refractivity contribution in [3.8, 4) is 0 Å². The van der Waals surface area contributed by atoms with Gasteiger partial charge in [0.05, 0.1) is 12.2 Å². The summed E-state index contributed by atoms with van der Waals surface area (Å²) in [6, 6.07) is 0. The molecule has 0 bridgehead atoms. The fraction of sp³-hybridized carbons (Fsp3) is 0.909. The molecule has 16 heavy (non-hydrogen) atoms. The Balaban J connectivity index is 0.00000225. The Morgan fingerprint density at radius 3 is 2.69 bits per heavy atom. The first-order chi connectivity index (χ1) is 7.22. The Bertz CT molecular complexity index is 202. The summed E-state index contributed by atoms with van der Waals surface area (Å²) in [6.07, 6.45) is 4.35. The van der Waals surface area contributed by atoms with E-state index in [1.165, 1.54) is 0 Å². The van der Waals surface area contributed by atoms with Crippen molar-refractivity contribution in [2.45, 2.75) is 44.8 Å². The number of carbonyl (C=O) groups excluding carboxylic acids is 1. The van der Waals surface area contributed by atoms with Crippen molar-refractivity contribution in [2.24, 2.45) is 0 Å². The summed E-state index contributed by atoms with van der Waals surface area (Å²) < 4.78 is 5.64. The summed E-state index contributed by atoms with van der Waals surface area (Å²) >= 11 is 0. The standard InChI is InChI=1S/C11H22N2O2.ClH/c1-9-3-4-10(15-9)5-6-11(14)13-8-7-12-2;/h9-10,12H,3-8H2,1-2H3,(H,13,14);1H. The van der Waals surface area contributed by atoms with Gasteiger partial charge in [-0.3, -0.25) is 4.79 Å². The second-order valence-electron chi connectivity index (χ2n) is 4.14. The molecule has 1 aliphatic heterocycles. The van der Waals surface area contributed by atoms with Gasteiger partial charge in [-0.2, -0.15) is 0 Å². The lowest BCUT2D eigenvalue weighted by atomic mass is 10.1. The van der Waals surface area contributed by atoms with Gasteiger partial charge in [-0.15, -0.1) is 12.4 Å². The number of carbonyl (C=O) groups is 1. The monoisotopic (exact) mass is 250 g/mol. The van der Waals surface area contributed by atoms with E-state index in [2.05, 4.69) is 17.6 Å². The molecule has 96 valence electrons. The van der Waals surface area contributed by atoms with E-state index in [1.807, 2.05) is 7.05 Å². The SMILES string of the molecule is CNCCNC(=O)CCC1CCC(C)O1.Cl. The number of hydrogen-bond acceptors (Lipinski definition) is 3. The van der Waals surface area contributed by atoms with Crippen molar-refractivity contribution in [2.75, 3.05) is 20.1 Å². The Kier molecular flexibility index (Phi) is 8.61. The van der Waals surface area contributed by atoms with E-state index in [0.717, 1.165) is 25.8 Å². The van der Waals surface area contributed by atoms with Crippen molar-refractivity contribution < 1.29 is 9.53 Å². The van der Waals surface area contributed by atoms with Gasteiger partial charge in [0.25, 0.3) is 0 Å². The molecule has 0 spiro atoms. The Hall–Kier alpha value is -0.320. The topological polar surface area (TPSA) is 50.4 Å². The molecule has 1 saturated heterocycles. The van der Waals surface area contributed by atoms with Crippen LogP contribution >= 0.6 is 12.4 Å². The zero-order valence-electron chi connectivity index (χ0n) is 10.1. The van der Waals surface area contributed by atoms with Gasteiger partial charge in [-0.05, 0) is 33.2 Å². The molecule has 0 aromatic heterocycles. The predicted molar refractivity (Wildman–Crippen MR) is 67.0 cm³/mol. The molecule has 2 N–H and O–H groups in total. The molecular weight excluding hydrogens is 228 g/mol. The number of rotatable bonds is 6. The Labute approximate surface area is 104 Å². The third-order valence-corrected chi connectivity index (χ3v) is 2.71. The quantitative estimate of drug-likeness (QED) is 0.694. The lowest BCUT2D eigenvalue weighted by molar-refractivity contribution is -0.121. The zero-order chi connectivity index (χ0) is 11.1. The van der Waals surface area contributed by atoms with Crippen LogP contribution in [0.15, 0.2) is 0 Å². The van der Waals surface area contributed by atoms with Crippen LogP contribution < -0.4 is 10.6 Å². The number of amides is 1. The van der Waals surface area contributed by atoms with Crippen molar-refractivity contribution in [3.63, 3.8) is 0 Å². The molecule has 5 heteroatoms. The largest absolute Gasteiger partial charge is 0.375 e. The van der Waals surface area contributed by atoms with Crippen molar-refractivity contribution in [3.05, 3.63) is 0 Å². The first-order valence-corrected chi connectivity index (χ1v) is 5.79. The van der Waals surface area contributed by atoms with E-state index < -0.39 is 0 Å². The van der Waals surface area contributed by atoms with Crippen LogP contribution in [0.25, 0.3) is 0 Å². The van der Waals surface area contributed by atoms with E-state index in [9.17, 15) is 4.79 Å². The maximum absolute atomic E-state index is 11.4. The summed E-state index contributed by atoms with van der Waals surface area (Å²) in [4.78, 5) is 11.4. The third kappa shape index (κ3) is 6.30. The lowest BCUT2D eigenvalue weighted by Crippen LogP contribution is -2.30. The number of likely N-dealkylation sites (N-methyl/N-ethyl adjacent to an activating group) is 1. The molecule has 1 aliphatic rings. The summed E-state index contributed by atoms with van der Waals surface area (Å²) in [6.45, 7) is 3.62. The molecule has 2 unspecified atom stereocenters. The molecule has 0 saturated carbocycles. The molecule has 1 fully saturated rings. The van der Waals surface area contributed by atoms with E-state index in [1.54, 1.807) is 0 Å². The normalized spacial score (nSPS) is 23.9. The number of halogens is 1. The van der Waals surface area contributed by atoms with Crippen LogP contribution in [-0.2, 0) is 9.53 Å². The fourth-order valence-corrected chi connectivity index (χ4v) is 1.80. The van der Waals surface area contributed by atoms with Crippen LogP contribution in [0.1, 0.15) is 32.6 Å². The van der Waals surface area contributed by atoms with Crippen molar-refractivity contribution in [1.82, 2.24) is 10.6 Å². The first-order valence-electron chi connectivity index (χ1n) is 5.79. The first kappa shape index (κ1) is 15.7. The third-order valence-electron chi connectivity index (χ3n) is 2.71. The summed E-state index contributed by atoms with van der Waals surface area (Å²) in [7, 11) is 1.87. The Morgan fingerprint density at radius 2 is 2.12 bits per heavy atom. The molecule has 1 amide bonds. The molecule has 2 atom stereocenters. The van der Waals surface area contributed by atoms with Crippen LogP contribution in [-0.4, -0.2) is 38.3 Å². The van der Waals surface area contributed by atoms with E-state index in [0.29, 0.717) is 25.2 Å². The highest BCUT2D eigenvalue weighted by Crippen LogP contribution is 2.22. The van der Waals surface area contributed by atoms with Gasteiger partial charge in [0.1, 0.15) is 0 Å². The molecule has 0 aromatic carbocycles. The van der Waals surface area contributed by atoms with E-state index >= 15 is 0 Å². The fourth-order valence-electron chi connectivity index (χ4n) is 1.80. The molecule has 1 heterocycles. The van der Waals surface area contributed by atoms with E-state index in [4.69, 9.17) is 4.74 Å². The second-order valence-corrected chi connectivity index (χ2v) is 4.14. The molecule has 0 aromatic rings. The average molecular weight is 251 g/mol. The van der Waals surface area contributed by atoms with E-state index in [-0.39, 0.29) is 18.3 Å². The molecule has 0 aliphatic carbocycles.